The van der Waals surface area contributed by atoms with Gasteiger partial charge in [-0.05, 0) is 44.4 Å². The van der Waals surface area contributed by atoms with Crippen LogP contribution in [-0.4, -0.2) is 84.0 Å². The number of hydrogen-bond donors (Lipinski definition) is 0. The van der Waals surface area contributed by atoms with Crippen LogP contribution in [0, 0.1) is 5.41 Å². The minimum atomic E-state index is -2.86. The van der Waals surface area contributed by atoms with Gasteiger partial charge in [-0.2, -0.15) is 0 Å². The predicted molar refractivity (Wildman–Crippen MR) is 101 cm³/mol. The summed E-state index contributed by atoms with van der Waals surface area (Å²) in [5.41, 5.74) is 0.226. The molecule has 3 rings (SSSR count). The average molecular weight is 401 g/mol. The first-order chi connectivity index (χ1) is 13.1. The van der Waals surface area contributed by atoms with Gasteiger partial charge in [0, 0.05) is 52.1 Å². The smallest absolute Gasteiger partial charge is 0.409 e. The van der Waals surface area contributed by atoms with Gasteiger partial charge in [-0.1, -0.05) is 0 Å². The Bertz CT molecular complexity index is 582. The lowest BCUT2D eigenvalue weighted by Crippen LogP contribution is -2.57. The summed E-state index contributed by atoms with van der Waals surface area (Å²) in [6.07, 6.45) is 4.47. The van der Waals surface area contributed by atoms with Crippen LogP contribution in [0.25, 0.3) is 0 Å². The molecule has 2 aliphatic heterocycles. The number of rotatable bonds is 5. The first-order valence-corrected chi connectivity index (χ1v) is 10.4. The summed E-state index contributed by atoms with van der Waals surface area (Å²) in [6, 6.07) is 0.404. The Labute approximate surface area is 166 Å². The third kappa shape index (κ3) is 4.75. The van der Waals surface area contributed by atoms with Crippen molar-refractivity contribution in [2.24, 2.45) is 5.41 Å². The Morgan fingerprint density at radius 2 is 1.86 bits per heavy atom. The fraction of sp³-hybridized carbons (Fsp3) is 0.900. The topological polar surface area (TPSA) is 53.1 Å². The van der Waals surface area contributed by atoms with Gasteiger partial charge in [-0.15, -0.1) is 0 Å². The normalized spacial score (nSPS) is 29.0. The van der Waals surface area contributed by atoms with Crippen LogP contribution in [0.4, 0.5) is 13.6 Å². The summed E-state index contributed by atoms with van der Waals surface area (Å²) in [6.45, 7) is 7.20. The van der Waals surface area contributed by atoms with Gasteiger partial charge in [-0.3, -0.25) is 4.79 Å². The maximum absolute atomic E-state index is 13.4. The summed E-state index contributed by atoms with van der Waals surface area (Å²) in [7, 11) is 0. The molecule has 0 unspecified atom stereocenters. The van der Waals surface area contributed by atoms with Crippen LogP contribution < -0.4 is 0 Å². The fourth-order valence-electron chi connectivity index (χ4n) is 5.20. The fourth-order valence-corrected chi connectivity index (χ4v) is 5.20. The molecule has 2 saturated heterocycles. The molecule has 0 aromatic carbocycles. The van der Waals surface area contributed by atoms with Gasteiger partial charge in [0.25, 0.3) is 5.92 Å². The Morgan fingerprint density at radius 1 is 1.21 bits per heavy atom. The van der Waals surface area contributed by atoms with E-state index in [0.29, 0.717) is 12.6 Å². The molecule has 0 aromatic heterocycles. The van der Waals surface area contributed by atoms with Crippen molar-refractivity contribution < 1.29 is 23.1 Å². The molecule has 0 N–H and O–H groups in total. The highest BCUT2D eigenvalue weighted by Gasteiger charge is 2.51. The van der Waals surface area contributed by atoms with Gasteiger partial charge >= 0.3 is 6.09 Å². The third-order valence-corrected chi connectivity index (χ3v) is 6.61. The summed E-state index contributed by atoms with van der Waals surface area (Å²) in [5, 5.41) is 0. The molecule has 1 spiro atoms. The molecule has 0 atom stereocenters. The molecule has 28 heavy (non-hydrogen) atoms. The number of hydrogen-bond acceptors (Lipinski definition) is 4. The Balaban J connectivity index is 1.46. The number of nitrogens with zero attached hydrogens (tertiary/aromatic N) is 3. The van der Waals surface area contributed by atoms with Gasteiger partial charge in [0.1, 0.15) is 0 Å². The molecule has 1 aliphatic carbocycles. The van der Waals surface area contributed by atoms with E-state index in [9.17, 15) is 18.4 Å². The Kier molecular flexibility index (Phi) is 6.17. The van der Waals surface area contributed by atoms with Crippen LogP contribution in [0.15, 0.2) is 0 Å². The Morgan fingerprint density at radius 3 is 2.39 bits per heavy atom. The van der Waals surface area contributed by atoms with E-state index < -0.39 is 12.5 Å². The lowest BCUT2D eigenvalue weighted by Gasteiger charge is -2.52. The summed E-state index contributed by atoms with van der Waals surface area (Å²) < 4.78 is 32.0. The van der Waals surface area contributed by atoms with Crippen molar-refractivity contribution in [3.05, 3.63) is 0 Å². The van der Waals surface area contributed by atoms with Crippen LogP contribution in [-0.2, 0) is 9.53 Å². The number of carbonyl (C=O) groups is 2. The zero-order chi connectivity index (χ0) is 20.5. The molecule has 0 radical (unpaired) electrons. The minimum absolute atomic E-state index is 0.0978. The molecule has 3 aliphatic rings. The van der Waals surface area contributed by atoms with Crippen molar-refractivity contribution >= 4 is 12.0 Å². The SMILES string of the molecule is CCOC(=O)N1CCC2(CC(N3CCC(N(CC(C)(F)F)C(C)=O)CC3)C2)C1. The summed E-state index contributed by atoms with van der Waals surface area (Å²) in [5.74, 6) is -3.14. The number of ether oxygens (including phenoxy) is 1. The molecule has 0 aromatic rings. The van der Waals surface area contributed by atoms with Crippen molar-refractivity contribution in [3.63, 3.8) is 0 Å². The highest BCUT2D eigenvalue weighted by molar-refractivity contribution is 5.73. The van der Waals surface area contributed by atoms with Gasteiger partial charge < -0.3 is 19.4 Å². The van der Waals surface area contributed by atoms with E-state index in [1.54, 1.807) is 0 Å². The van der Waals surface area contributed by atoms with Gasteiger partial charge in [0.15, 0.2) is 0 Å². The van der Waals surface area contributed by atoms with Gasteiger partial charge in [0.2, 0.25) is 5.91 Å². The van der Waals surface area contributed by atoms with Crippen LogP contribution >= 0.6 is 0 Å². The van der Waals surface area contributed by atoms with Crippen molar-refractivity contribution in [3.8, 4) is 0 Å². The molecule has 8 heteroatoms. The van der Waals surface area contributed by atoms with Gasteiger partial charge in [0.05, 0.1) is 13.2 Å². The van der Waals surface area contributed by atoms with Crippen LogP contribution in [0.5, 0.6) is 0 Å². The molecular weight excluding hydrogens is 368 g/mol. The standard InChI is InChI=1S/C20H33F2N3O3/c1-4-28-18(27)24-10-7-20(14-24)11-17(12-20)23-8-5-16(6-9-23)25(15(2)26)13-19(3,21)22/h16-17H,4-14H2,1-3H3. The summed E-state index contributed by atoms with van der Waals surface area (Å²) in [4.78, 5) is 29.4. The highest BCUT2D eigenvalue weighted by atomic mass is 19.3. The van der Waals surface area contributed by atoms with E-state index >= 15 is 0 Å². The second-order valence-electron chi connectivity index (χ2n) is 8.92. The first kappa shape index (κ1) is 21.3. The Hall–Kier alpha value is -1.44. The molecular formula is C20H33F2N3O3. The number of alkyl halides is 2. The predicted octanol–water partition coefficient (Wildman–Crippen LogP) is 2.97. The number of carbonyl (C=O) groups excluding carboxylic acids is 2. The molecule has 6 nitrogen and oxygen atoms in total. The monoisotopic (exact) mass is 401 g/mol. The maximum Gasteiger partial charge on any atom is 0.409 e. The molecule has 2 heterocycles. The van der Waals surface area contributed by atoms with E-state index in [-0.39, 0.29) is 23.5 Å². The molecule has 3 fully saturated rings. The zero-order valence-electron chi connectivity index (χ0n) is 17.3. The van der Waals surface area contributed by atoms with E-state index in [4.69, 9.17) is 4.74 Å². The summed E-state index contributed by atoms with van der Waals surface area (Å²) >= 11 is 0. The second-order valence-corrected chi connectivity index (χ2v) is 8.92. The van der Waals surface area contributed by atoms with Gasteiger partial charge in [-0.25, -0.2) is 13.6 Å². The van der Waals surface area contributed by atoms with Crippen molar-refractivity contribution in [2.75, 3.05) is 39.3 Å². The quantitative estimate of drug-likeness (QED) is 0.711. The number of likely N-dealkylation sites (tertiary alicyclic amines) is 2. The van der Waals surface area contributed by atoms with Crippen molar-refractivity contribution in [1.29, 1.82) is 0 Å². The molecule has 160 valence electrons. The van der Waals surface area contributed by atoms with E-state index in [2.05, 4.69) is 4.90 Å². The lowest BCUT2D eigenvalue weighted by molar-refractivity contribution is -0.138. The zero-order valence-corrected chi connectivity index (χ0v) is 17.3. The van der Waals surface area contributed by atoms with Crippen LogP contribution in [0.1, 0.15) is 52.9 Å². The average Bonchev–Trinajstić information content (AvgIpc) is 3.04. The second kappa shape index (κ2) is 8.13. The van der Waals surface area contributed by atoms with E-state index in [1.807, 2.05) is 11.8 Å². The first-order valence-electron chi connectivity index (χ1n) is 10.4. The van der Waals surface area contributed by atoms with E-state index in [0.717, 1.165) is 65.2 Å². The molecule has 1 saturated carbocycles. The minimum Gasteiger partial charge on any atom is -0.450 e. The third-order valence-electron chi connectivity index (χ3n) is 6.61. The lowest BCUT2D eigenvalue weighted by atomic mass is 9.64. The number of amides is 2. The van der Waals surface area contributed by atoms with Crippen LogP contribution in [0.3, 0.4) is 0 Å². The molecule has 0 bridgehead atoms. The largest absolute Gasteiger partial charge is 0.450 e. The van der Waals surface area contributed by atoms with Crippen molar-refractivity contribution in [1.82, 2.24) is 14.7 Å². The number of halogens is 2. The molecule has 2 amide bonds. The maximum atomic E-state index is 13.4. The van der Waals surface area contributed by atoms with Crippen LogP contribution in [0.2, 0.25) is 0 Å². The number of piperidine rings is 1. The van der Waals surface area contributed by atoms with Crippen molar-refractivity contribution in [2.45, 2.75) is 70.9 Å². The highest BCUT2D eigenvalue weighted by Crippen LogP contribution is 2.50. The van der Waals surface area contributed by atoms with E-state index in [1.165, 1.54) is 11.8 Å².